The molecule has 1 saturated heterocycles. The number of benzene rings is 8. The van der Waals surface area contributed by atoms with E-state index < -0.39 is 0 Å². The average molecular weight is 729 g/mol. The molecule has 272 valence electrons. The highest BCUT2D eigenvalue weighted by Gasteiger charge is 2.56. The number of allylic oxidation sites excluding steroid dienone is 3. The molecule has 0 spiro atoms. The van der Waals surface area contributed by atoms with Crippen molar-refractivity contribution in [2.45, 2.75) is 17.6 Å². The molecule has 0 N–H and O–H groups in total. The maximum absolute atomic E-state index is 2.41. The Bertz CT molecular complexity index is 2440. The van der Waals surface area contributed by atoms with Gasteiger partial charge in [-0.3, -0.25) is 0 Å². The molecule has 4 atom stereocenters. The van der Waals surface area contributed by atoms with E-state index in [0.717, 1.165) is 0 Å². The Labute approximate surface area is 338 Å². The fourth-order valence-corrected chi connectivity index (χ4v) is 9.65. The Balaban J connectivity index is 1.47. The predicted molar refractivity (Wildman–Crippen MR) is 243 cm³/mol. The summed E-state index contributed by atoms with van der Waals surface area (Å²) in [5.74, 6) is 0.504. The lowest BCUT2D eigenvalue weighted by Gasteiger charge is -2.34. The fraction of sp³-hybridized carbons (Fsp3) is 0.0714. The minimum Gasteiger partial charge on any atom is -0.0787 e. The van der Waals surface area contributed by atoms with Crippen LogP contribution in [0.25, 0.3) is 22.8 Å². The van der Waals surface area contributed by atoms with Crippen molar-refractivity contribution in [3.8, 4) is 0 Å². The smallest absolute Gasteiger partial charge is 0.0787 e. The largest absolute Gasteiger partial charge is 0.192 e. The summed E-state index contributed by atoms with van der Waals surface area (Å²) in [5, 5.41) is 0. The Kier molecular flexibility index (Phi) is 10.7. The molecule has 0 nitrogen and oxygen atoms in total. The normalized spacial score (nSPS) is 18.5. The summed E-state index contributed by atoms with van der Waals surface area (Å²) in [4.78, 5) is 0. The molecular formula is C56H45B. The molecule has 0 bridgehead atoms. The highest BCUT2D eigenvalue weighted by atomic mass is 14.5. The van der Waals surface area contributed by atoms with Crippen LogP contribution in [-0.4, -0.2) is 6.71 Å². The second-order valence-corrected chi connectivity index (χ2v) is 15.1. The first-order chi connectivity index (χ1) is 28.3. The van der Waals surface area contributed by atoms with E-state index in [9.17, 15) is 0 Å². The van der Waals surface area contributed by atoms with Crippen molar-refractivity contribution in [3.05, 3.63) is 282 Å². The summed E-state index contributed by atoms with van der Waals surface area (Å²) in [6.45, 7) is 0.181. The van der Waals surface area contributed by atoms with E-state index in [0.29, 0.717) is 0 Å². The predicted octanol–water partition coefficient (Wildman–Crippen LogP) is 13.3. The van der Waals surface area contributed by atoms with Gasteiger partial charge in [-0.15, -0.1) is 0 Å². The van der Waals surface area contributed by atoms with Gasteiger partial charge in [-0.05, 0) is 74.1 Å². The molecule has 1 fully saturated rings. The Morgan fingerprint density at radius 1 is 0.351 bits per heavy atom. The molecule has 0 aromatic heterocycles. The van der Waals surface area contributed by atoms with Gasteiger partial charge in [0.1, 0.15) is 0 Å². The zero-order chi connectivity index (χ0) is 38.2. The van der Waals surface area contributed by atoms with E-state index in [1.165, 1.54) is 61.1 Å². The minimum atomic E-state index is 0.0608. The van der Waals surface area contributed by atoms with Gasteiger partial charge in [0.2, 0.25) is 0 Å². The average Bonchev–Trinajstić information content (AvgIpc) is 3.65. The molecule has 0 aliphatic carbocycles. The SMILES string of the molecule is C(=C(\C(=C(\c1ccccc1)C1C(c2ccccc2)B(c2ccccc2)C(c2ccccc2)C1c1ccccc1)c1ccccc1)c1ccccc1)/c1ccccc1. The van der Waals surface area contributed by atoms with Gasteiger partial charge in [0, 0.05) is 0 Å². The third-order valence-electron chi connectivity index (χ3n) is 11.9. The van der Waals surface area contributed by atoms with Crippen LogP contribution in [0.1, 0.15) is 56.5 Å². The Morgan fingerprint density at radius 3 is 1.25 bits per heavy atom. The van der Waals surface area contributed by atoms with Crippen molar-refractivity contribution in [1.82, 2.24) is 0 Å². The topological polar surface area (TPSA) is 0 Å². The van der Waals surface area contributed by atoms with E-state index in [1.807, 2.05) is 0 Å². The molecule has 0 saturated carbocycles. The van der Waals surface area contributed by atoms with Crippen molar-refractivity contribution in [1.29, 1.82) is 0 Å². The third-order valence-corrected chi connectivity index (χ3v) is 11.9. The maximum atomic E-state index is 2.41. The van der Waals surface area contributed by atoms with E-state index >= 15 is 0 Å². The first kappa shape index (κ1) is 36.0. The third kappa shape index (κ3) is 7.50. The quantitative estimate of drug-likeness (QED) is 0.0747. The van der Waals surface area contributed by atoms with E-state index in [1.54, 1.807) is 0 Å². The van der Waals surface area contributed by atoms with Crippen LogP contribution in [0.5, 0.6) is 0 Å². The number of rotatable bonds is 10. The molecule has 57 heavy (non-hydrogen) atoms. The van der Waals surface area contributed by atoms with E-state index in [2.05, 4.69) is 249 Å². The summed E-state index contributed by atoms with van der Waals surface area (Å²) >= 11 is 0. The van der Waals surface area contributed by atoms with Gasteiger partial charge < -0.3 is 0 Å². The summed E-state index contributed by atoms with van der Waals surface area (Å²) in [5.41, 5.74) is 14.2. The standard InChI is InChI=1S/C56H45B/c1-9-25-42(26-10-1)41-50(43-27-11-2-12-28-43)51(44-29-13-3-14-30-44)52(45-31-15-4-16-32-45)54-53(46-33-17-5-18-34-46)55(47-35-19-6-20-36-47)57(49-39-23-8-24-40-49)56(54)48-37-21-7-22-38-48/h1-41,53-56H/b50-41+,52-51-. The Morgan fingerprint density at radius 2 is 0.737 bits per heavy atom. The highest BCUT2D eigenvalue weighted by molar-refractivity contribution is 6.77. The monoisotopic (exact) mass is 728 g/mol. The van der Waals surface area contributed by atoms with Crippen LogP contribution in [-0.2, 0) is 0 Å². The maximum Gasteiger partial charge on any atom is 0.192 e. The molecule has 1 heteroatoms. The second kappa shape index (κ2) is 17.0. The van der Waals surface area contributed by atoms with Crippen molar-refractivity contribution < 1.29 is 0 Å². The van der Waals surface area contributed by atoms with Gasteiger partial charge >= 0.3 is 0 Å². The lowest BCUT2D eigenvalue weighted by molar-refractivity contribution is 0.537. The van der Waals surface area contributed by atoms with Gasteiger partial charge in [0.15, 0.2) is 6.71 Å². The fourth-order valence-electron chi connectivity index (χ4n) is 9.65. The highest BCUT2D eigenvalue weighted by Crippen LogP contribution is 2.61. The second-order valence-electron chi connectivity index (χ2n) is 15.1. The van der Waals surface area contributed by atoms with Gasteiger partial charge in [-0.2, -0.15) is 0 Å². The summed E-state index contributed by atoms with van der Waals surface area (Å²) < 4.78 is 0. The molecule has 4 unspecified atom stereocenters. The van der Waals surface area contributed by atoms with Crippen LogP contribution in [0.4, 0.5) is 0 Å². The number of hydrogen-bond acceptors (Lipinski definition) is 0. The van der Waals surface area contributed by atoms with Gasteiger partial charge in [-0.25, -0.2) is 0 Å². The summed E-state index contributed by atoms with van der Waals surface area (Å²) in [6, 6.07) is 89.7. The molecule has 1 heterocycles. The van der Waals surface area contributed by atoms with Crippen molar-refractivity contribution >= 4 is 35.0 Å². The molecule has 1 aliphatic heterocycles. The first-order valence-electron chi connectivity index (χ1n) is 20.2. The van der Waals surface area contributed by atoms with Gasteiger partial charge in [0.05, 0.1) is 0 Å². The minimum absolute atomic E-state index is 0.0608. The lowest BCUT2D eigenvalue weighted by Crippen LogP contribution is -2.39. The molecular weight excluding hydrogens is 683 g/mol. The molecule has 0 radical (unpaired) electrons. The first-order valence-corrected chi connectivity index (χ1v) is 20.2. The van der Waals surface area contributed by atoms with Crippen LogP contribution < -0.4 is 5.46 Å². The van der Waals surface area contributed by atoms with Crippen LogP contribution in [0.15, 0.2) is 243 Å². The zero-order valence-corrected chi connectivity index (χ0v) is 32.1. The van der Waals surface area contributed by atoms with E-state index in [-0.39, 0.29) is 30.2 Å². The summed E-state index contributed by atoms with van der Waals surface area (Å²) in [7, 11) is 0. The molecule has 1 aliphatic rings. The molecule has 8 aromatic carbocycles. The van der Waals surface area contributed by atoms with Gasteiger partial charge in [-0.1, -0.05) is 259 Å². The molecule has 0 amide bonds. The van der Waals surface area contributed by atoms with Crippen LogP contribution in [0.2, 0.25) is 0 Å². The molecule has 8 aromatic rings. The van der Waals surface area contributed by atoms with Crippen LogP contribution in [0, 0.1) is 5.92 Å². The van der Waals surface area contributed by atoms with Crippen molar-refractivity contribution in [2.24, 2.45) is 5.92 Å². The Hall–Kier alpha value is -6.70. The van der Waals surface area contributed by atoms with E-state index in [4.69, 9.17) is 0 Å². The van der Waals surface area contributed by atoms with Crippen molar-refractivity contribution in [2.75, 3.05) is 0 Å². The van der Waals surface area contributed by atoms with Crippen molar-refractivity contribution in [3.63, 3.8) is 0 Å². The zero-order valence-electron chi connectivity index (χ0n) is 32.1. The number of hydrogen-bond donors (Lipinski definition) is 0. The lowest BCUT2D eigenvalue weighted by atomic mass is 9.31. The van der Waals surface area contributed by atoms with Crippen LogP contribution in [0.3, 0.4) is 0 Å². The molecule has 9 rings (SSSR count). The van der Waals surface area contributed by atoms with Gasteiger partial charge in [0.25, 0.3) is 0 Å². The van der Waals surface area contributed by atoms with Crippen LogP contribution >= 0.6 is 0 Å². The summed E-state index contributed by atoms with van der Waals surface area (Å²) in [6.07, 6.45) is 2.41.